The molecule has 0 spiro atoms. The number of rotatable bonds is 4. The first-order chi connectivity index (χ1) is 14.0. The van der Waals surface area contributed by atoms with E-state index in [1.165, 1.54) is 32.9 Å². The molecule has 0 aliphatic carbocycles. The quantitative estimate of drug-likeness (QED) is 0.667. The third-order valence-electron chi connectivity index (χ3n) is 5.11. The van der Waals surface area contributed by atoms with Crippen LogP contribution in [0.4, 0.5) is 9.18 Å². The number of piperazine rings is 1. The van der Waals surface area contributed by atoms with E-state index in [9.17, 15) is 14.3 Å². The number of hydrogen-bond donors (Lipinski definition) is 2. The number of fused-ring (bicyclic) bond motifs is 1. The van der Waals surface area contributed by atoms with Gasteiger partial charge in [-0.2, -0.15) is 4.52 Å². The van der Waals surface area contributed by atoms with E-state index >= 15 is 0 Å². The third kappa shape index (κ3) is 3.77. The molecule has 3 heterocycles. The fourth-order valence-electron chi connectivity index (χ4n) is 3.74. The van der Waals surface area contributed by atoms with Crippen LogP contribution in [0.2, 0.25) is 0 Å². The van der Waals surface area contributed by atoms with Crippen LogP contribution in [-0.2, 0) is 4.74 Å². The smallest absolute Gasteiger partial charge is 0.410 e. The summed E-state index contributed by atoms with van der Waals surface area (Å²) in [5.74, 6) is 0.337. The third-order valence-corrected chi connectivity index (χ3v) is 6.20. The van der Waals surface area contributed by atoms with Gasteiger partial charge in [-0.25, -0.2) is 14.2 Å². The van der Waals surface area contributed by atoms with Crippen LogP contribution in [0.5, 0.6) is 5.88 Å². The van der Waals surface area contributed by atoms with Gasteiger partial charge in [0.25, 0.3) is 0 Å². The molecule has 154 valence electrons. The minimum Gasteiger partial charge on any atom is -0.492 e. The molecular weight excluding hydrogens is 397 g/mol. The van der Waals surface area contributed by atoms with Gasteiger partial charge in [-0.3, -0.25) is 4.90 Å². The van der Waals surface area contributed by atoms with Crippen molar-refractivity contribution >= 4 is 22.4 Å². The second-order valence-electron chi connectivity index (χ2n) is 6.97. The molecule has 1 aromatic carbocycles. The van der Waals surface area contributed by atoms with Crippen molar-refractivity contribution in [2.24, 2.45) is 0 Å². The Morgan fingerprint density at radius 1 is 1.34 bits per heavy atom. The zero-order chi connectivity index (χ0) is 20.5. The normalized spacial score (nSPS) is 16.3. The lowest BCUT2D eigenvalue weighted by Gasteiger charge is -2.35. The average molecular weight is 420 g/mol. The zero-order valence-corrected chi connectivity index (χ0v) is 17.1. The van der Waals surface area contributed by atoms with Crippen molar-refractivity contribution in [3.63, 3.8) is 0 Å². The summed E-state index contributed by atoms with van der Waals surface area (Å²) in [5, 5.41) is 15.1. The Bertz CT molecular complexity index is 1010. The maximum atomic E-state index is 13.5. The van der Waals surface area contributed by atoms with Crippen molar-refractivity contribution in [2.45, 2.75) is 19.9 Å². The fraction of sp³-hybridized carbons (Fsp3) is 0.421. The number of aromatic nitrogens is 3. The van der Waals surface area contributed by atoms with Gasteiger partial charge in [0.05, 0.1) is 32.8 Å². The average Bonchev–Trinajstić information content (AvgIpc) is 3.22. The van der Waals surface area contributed by atoms with Crippen molar-refractivity contribution < 1.29 is 23.9 Å². The molecule has 0 saturated carbocycles. The molecule has 2 N–H and O–H groups in total. The van der Waals surface area contributed by atoms with E-state index in [-0.39, 0.29) is 23.8 Å². The summed E-state index contributed by atoms with van der Waals surface area (Å²) in [5.41, 5.74) is 0.891. The molecule has 1 aliphatic heterocycles. The second kappa shape index (κ2) is 7.96. The highest BCUT2D eigenvalue weighted by Crippen LogP contribution is 2.35. The number of carbonyl (C=O) groups is 1. The van der Waals surface area contributed by atoms with Crippen LogP contribution in [0.15, 0.2) is 24.3 Å². The molecular formula is C19H23FN5O3S+. The van der Waals surface area contributed by atoms with Crippen molar-refractivity contribution in [3.05, 3.63) is 46.3 Å². The number of thiazole rings is 1. The molecule has 0 radical (unpaired) electrons. The number of halogens is 1. The topological polar surface area (TPSA) is 84.4 Å². The van der Waals surface area contributed by atoms with Gasteiger partial charge in [0.1, 0.15) is 16.5 Å². The lowest BCUT2D eigenvalue weighted by Crippen LogP contribution is -3.15. The van der Waals surface area contributed by atoms with Gasteiger partial charge in [0, 0.05) is 5.56 Å². The molecule has 3 aromatic rings. The molecule has 1 saturated heterocycles. The molecule has 0 bridgehead atoms. The maximum absolute atomic E-state index is 13.5. The van der Waals surface area contributed by atoms with Gasteiger partial charge in [0.15, 0.2) is 6.04 Å². The Kier molecular flexibility index (Phi) is 5.37. The van der Waals surface area contributed by atoms with Crippen LogP contribution in [0.25, 0.3) is 4.96 Å². The van der Waals surface area contributed by atoms with Crippen LogP contribution in [0.1, 0.15) is 29.2 Å². The predicted molar refractivity (Wildman–Crippen MR) is 105 cm³/mol. The zero-order valence-electron chi connectivity index (χ0n) is 16.3. The van der Waals surface area contributed by atoms with Crippen LogP contribution in [-0.4, -0.2) is 63.5 Å². The maximum Gasteiger partial charge on any atom is 0.410 e. The number of nitrogens with zero attached hydrogens (tertiary/aromatic N) is 4. The summed E-state index contributed by atoms with van der Waals surface area (Å²) < 4.78 is 20.1. The number of benzene rings is 1. The molecule has 0 unspecified atom stereocenters. The number of hydrogen-bond acceptors (Lipinski definition) is 6. The Balaban J connectivity index is 1.66. The second-order valence-corrected chi connectivity index (χ2v) is 7.98. The highest BCUT2D eigenvalue weighted by atomic mass is 32.1. The van der Waals surface area contributed by atoms with Gasteiger partial charge >= 0.3 is 6.09 Å². The minimum absolute atomic E-state index is 0.0558. The molecule has 1 amide bonds. The first-order valence-corrected chi connectivity index (χ1v) is 10.4. The van der Waals surface area contributed by atoms with Crippen molar-refractivity contribution in [2.75, 3.05) is 32.8 Å². The van der Waals surface area contributed by atoms with E-state index in [1.54, 1.807) is 30.9 Å². The molecule has 1 fully saturated rings. The predicted octanol–water partition coefficient (Wildman–Crippen LogP) is 1.39. The molecule has 10 heteroatoms. The van der Waals surface area contributed by atoms with E-state index < -0.39 is 0 Å². The van der Waals surface area contributed by atoms with E-state index in [4.69, 9.17) is 4.74 Å². The highest BCUT2D eigenvalue weighted by Gasteiger charge is 2.36. The molecule has 4 rings (SSSR count). The van der Waals surface area contributed by atoms with Gasteiger partial charge in [0.2, 0.25) is 10.8 Å². The van der Waals surface area contributed by atoms with Gasteiger partial charge in [-0.05, 0) is 38.1 Å². The van der Waals surface area contributed by atoms with E-state index in [0.29, 0.717) is 43.6 Å². The monoisotopic (exact) mass is 420 g/mol. The number of quaternary nitrogens is 1. The highest BCUT2D eigenvalue weighted by molar-refractivity contribution is 7.17. The number of amides is 1. The van der Waals surface area contributed by atoms with Gasteiger partial charge in [-0.1, -0.05) is 11.3 Å². The van der Waals surface area contributed by atoms with Crippen LogP contribution in [0.3, 0.4) is 0 Å². The van der Waals surface area contributed by atoms with E-state index in [2.05, 4.69) is 10.1 Å². The fourth-order valence-corrected chi connectivity index (χ4v) is 4.93. The van der Waals surface area contributed by atoms with Gasteiger partial charge < -0.3 is 14.7 Å². The molecule has 8 nitrogen and oxygen atoms in total. The Hall–Kier alpha value is -2.72. The van der Waals surface area contributed by atoms with E-state index in [1.807, 2.05) is 0 Å². The number of ether oxygens (including phenoxy) is 1. The lowest BCUT2D eigenvalue weighted by molar-refractivity contribution is -0.929. The summed E-state index contributed by atoms with van der Waals surface area (Å²) in [6.07, 6.45) is -0.304. The molecule has 29 heavy (non-hydrogen) atoms. The number of aryl methyl sites for hydroxylation is 1. The molecule has 2 aromatic heterocycles. The van der Waals surface area contributed by atoms with E-state index in [0.717, 1.165) is 10.4 Å². The van der Waals surface area contributed by atoms with Crippen molar-refractivity contribution in [1.29, 1.82) is 0 Å². The summed E-state index contributed by atoms with van der Waals surface area (Å²) in [4.78, 5) is 20.6. The Morgan fingerprint density at radius 2 is 2.03 bits per heavy atom. The summed E-state index contributed by atoms with van der Waals surface area (Å²) in [7, 11) is 0. The first kappa shape index (κ1) is 19.6. The molecule has 1 atom stereocenters. The summed E-state index contributed by atoms with van der Waals surface area (Å²) in [6, 6.07) is 6.12. The van der Waals surface area contributed by atoms with Crippen LogP contribution >= 0.6 is 11.3 Å². The van der Waals surface area contributed by atoms with Crippen LogP contribution < -0.4 is 4.90 Å². The summed E-state index contributed by atoms with van der Waals surface area (Å²) in [6.45, 7) is 6.35. The molecule has 1 aliphatic rings. The lowest BCUT2D eigenvalue weighted by atomic mass is 10.0. The van der Waals surface area contributed by atoms with Crippen molar-refractivity contribution in [1.82, 2.24) is 19.5 Å². The SMILES string of the molecule is CCOC(=O)N1CC[NH+]([C@H](c2ccc(F)cc2)c2sc3nc(C)nn3c2O)CC1. The van der Waals surface area contributed by atoms with Crippen LogP contribution in [0, 0.1) is 12.7 Å². The summed E-state index contributed by atoms with van der Waals surface area (Å²) >= 11 is 1.38. The largest absolute Gasteiger partial charge is 0.492 e. The van der Waals surface area contributed by atoms with Crippen molar-refractivity contribution in [3.8, 4) is 5.88 Å². The Labute approximate surface area is 171 Å². The number of carbonyl (C=O) groups excluding carboxylic acids is 1. The minimum atomic E-state index is -0.308. The number of aromatic hydroxyl groups is 1. The number of nitrogens with one attached hydrogen (secondary N) is 1. The first-order valence-electron chi connectivity index (χ1n) is 9.54. The Morgan fingerprint density at radius 3 is 2.66 bits per heavy atom. The van der Waals surface area contributed by atoms with Gasteiger partial charge in [-0.15, -0.1) is 5.10 Å². The standard InChI is InChI=1S/C19H22FN5O3S/c1-3-28-19(27)24-10-8-23(9-11-24)15(13-4-6-14(20)7-5-13)16-17(26)25-18(29-16)21-12(2)22-25/h4-7,15,26H,3,8-11H2,1-2H3/p+1/t15-/m1/s1.